The van der Waals surface area contributed by atoms with E-state index in [9.17, 15) is 9.18 Å². The summed E-state index contributed by atoms with van der Waals surface area (Å²) in [4.78, 5) is 25.6. The van der Waals surface area contributed by atoms with E-state index in [0.717, 1.165) is 18.5 Å². The summed E-state index contributed by atoms with van der Waals surface area (Å²) in [5.74, 6) is 1.74. The summed E-state index contributed by atoms with van der Waals surface area (Å²) in [5.41, 5.74) is 1.84. The van der Waals surface area contributed by atoms with Crippen molar-refractivity contribution in [3.8, 4) is 0 Å². The second-order valence-electron chi connectivity index (χ2n) is 11.5. The number of piperazine rings is 1. The Bertz CT molecular complexity index is 1320. The topological polar surface area (TPSA) is 113 Å². The summed E-state index contributed by atoms with van der Waals surface area (Å²) >= 11 is 0. The number of hydrogen-bond donors (Lipinski definition) is 2. The normalized spacial score (nSPS) is 17.8. The standard InChI is InChI=1S/C28H40FN9O2.C2H6/c1-17-15-37(11-12-38(17)27(39)40-28(5,6)7)23(18(2)31-25-16-36(8)35-34-25)14-30-20(4)33-24-13-22(21-9-10-21)26(29)19(3)32-24;1-2/h13-14,16-17,21,31H,2,9-12,15H2,1,3-8H3,(H,30,32,33);1-2H3/b23-14+;/t17-;/m1./s1. The maximum atomic E-state index is 14.5. The number of ether oxygens (including phenoxy) is 1. The monoisotopic (exact) mass is 583 g/mol. The van der Waals surface area contributed by atoms with Crippen molar-refractivity contribution in [2.24, 2.45) is 12.0 Å². The molecule has 2 N–H and O–H groups in total. The molecule has 2 fully saturated rings. The first-order valence-electron chi connectivity index (χ1n) is 14.6. The lowest BCUT2D eigenvalue weighted by atomic mass is 10.1. The van der Waals surface area contributed by atoms with Gasteiger partial charge in [-0.1, -0.05) is 25.6 Å². The van der Waals surface area contributed by atoms with Crippen molar-refractivity contribution in [3.05, 3.63) is 53.5 Å². The minimum Gasteiger partial charge on any atom is -0.444 e. The number of aryl methyl sites for hydroxylation is 2. The van der Waals surface area contributed by atoms with Gasteiger partial charge < -0.3 is 25.2 Å². The van der Waals surface area contributed by atoms with Gasteiger partial charge in [-0.3, -0.25) is 4.68 Å². The smallest absolute Gasteiger partial charge is 0.410 e. The van der Waals surface area contributed by atoms with Gasteiger partial charge in [0.1, 0.15) is 23.1 Å². The van der Waals surface area contributed by atoms with Crippen molar-refractivity contribution in [3.63, 3.8) is 0 Å². The Balaban J connectivity index is 0.00000237. The molecule has 1 atom stereocenters. The first kappa shape index (κ1) is 32.6. The van der Waals surface area contributed by atoms with Crippen LogP contribution in [-0.4, -0.2) is 73.0 Å². The number of aliphatic imine (C=N–C) groups is 1. The van der Waals surface area contributed by atoms with Gasteiger partial charge in [0.2, 0.25) is 0 Å². The average molecular weight is 584 g/mol. The number of anilines is 2. The largest absolute Gasteiger partial charge is 0.444 e. The zero-order valence-corrected chi connectivity index (χ0v) is 26.5. The molecule has 0 unspecified atom stereocenters. The molecule has 12 heteroatoms. The van der Waals surface area contributed by atoms with Crippen LogP contribution < -0.4 is 10.6 Å². The third-order valence-corrected chi connectivity index (χ3v) is 6.65. The summed E-state index contributed by atoms with van der Waals surface area (Å²) in [6.45, 7) is 20.9. The SMILES string of the molecule is C=C(Nc1cn(C)nn1)/C(=C\N=C(C)Nc1cc(C2CC2)c(F)c(C)n1)N1CCN(C(=O)OC(C)(C)C)[C@H](C)C1.CC. The third kappa shape index (κ3) is 8.77. The van der Waals surface area contributed by atoms with Crippen LogP contribution in [0.4, 0.5) is 20.8 Å². The van der Waals surface area contributed by atoms with Crippen molar-refractivity contribution < 1.29 is 13.9 Å². The van der Waals surface area contributed by atoms with Crippen LogP contribution in [0.2, 0.25) is 0 Å². The van der Waals surface area contributed by atoms with Crippen molar-refractivity contribution in [2.45, 2.75) is 85.8 Å². The lowest BCUT2D eigenvalue weighted by molar-refractivity contribution is 0.00521. The lowest BCUT2D eigenvalue weighted by Crippen LogP contribution is -2.54. The Hall–Kier alpha value is -3.96. The summed E-state index contributed by atoms with van der Waals surface area (Å²) in [7, 11) is 1.79. The number of amidine groups is 1. The summed E-state index contributed by atoms with van der Waals surface area (Å²) < 4.78 is 21.7. The fraction of sp³-hybridized carbons (Fsp3) is 0.567. The molecule has 0 bridgehead atoms. The number of carbonyl (C=O) groups excluding carboxylic acids is 1. The molecule has 0 radical (unpaired) electrons. The number of hydrogen-bond acceptors (Lipinski definition) is 8. The van der Waals surface area contributed by atoms with E-state index in [4.69, 9.17) is 4.74 Å². The van der Waals surface area contributed by atoms with Gasteiger partial charge in [0.25, 0.3) is 0 Å². The van der Waals surface area contributed by atoms with E-state index >= 15 is 0 Å². The number of rotatable bonds is 7. The van der Waals surface area contributed by atoms with Crippen LogP contribution in [0.3, 0.4) is 0 Å². The van der Waals surface area contributed by atoms with E-state index < -0.39 is 5.60 Å². The van der Waals surface area contributed by atoms with Crippen molar-refractivity contribution >= 4 is 23.6 Å². The highest BCUT2D eigenvalue weighted by molar-refractivity contribution is 5.93. The number of carbonyl (C=O) groups is 1. The molecule has 230 valence electrons. The fourth-order valence-electron chi connectivity index (χ4n) is 4.55. The van der Waals surface area contributed by atoms with E-state index in [1.54, 1.807) is 42.0 Å². The quantitative estimate of drug-likeness (QED) is 0.239. The highest BCUT2D eigenvalue weighted by atomic mass is 19.1. The Morgan fingerprint density at radius 1 is 1.21 bits per heavy atom. The average Bonchev–Trinajstić information content (AvgIpc) is 3.67. The van der Waals surface area contributed by atoms with Crippen LogP contribution in [0.25, 0.3) is 0 Å². The van der Waals surface area contributed by atoms with Crippen molar-refractivity contribution in [2.75, 3.05) is 30.3 Å². The van der Waals surface area contributed by atoms with E-state index in [1.807, 2.05) is 48.5 Å². The minimum absolute atomic E-state index is 0.105. The zero-order chi connectivity index (χ0) is 31.2. The van der Waals surface area contributed by atoms with Crippen LogP contribution in [0.1, 0.15) is 78.5 Å². The fourth-order valence-corrected chi connectivity index (χ4v) is 4.55. The van der Waals surface area contributed by atoms with Gasteiger partial charge in [-0.15, -0.1) is 5.10 Å². The summed E-state index contributed by atoms with van der Waals surface area (Å²) in [6, 6.07) is 1.67. The molecule has 1 saturated heterocycles. The van der Waals surface area contributed by atoms with Gasteiger partial charge in [0.15, 0.2) is 5.82 Å². The molecular formula is C30H46FN9O2. The first-order chi connectivity index (χ1) is 19.8. The molecule has 3 heterocycles. The Morgan fingerprint density at radius 3 is 2.48 bits per heavy atom. The number of pyridine rings is 1. The highest BCUT2D eigenvalue weighted by Crippen LogP contribution is 2.42. The van der Waals surface area contributed by atoms with Crippen molar-refractivity contribution in [1.82, 2.24) is 29.8 Å². The Morgan fingerprint density at radius 2 is 1.90 bits per heavy atom. The van der Waals surface area contributed by atoms with Crippen LogP contribution in [-0.2, 0) is 11.8 Å². The zero-order valence-electron chi connectivity index (χ0n) is 26.5. The number of aromatic nitrogens is 4. The number of nitrogens with one attached hydrogen (secondary N) is 2. The lowest BCUT2D eigenvalue weighted by Gasteiger charge is -2.42. The van der Waals surface area contributed by atoms with Crippen molar-refractivity contribution in [1.29, 1.82) is 0 Å². The van der Waals surface area contributed by atoms with E-state index in [1.165, 1.54) is 0 Å². The first-order valence-corrected chi connectivity index (χ1v) is 14.6. The Kier molecular flexibility index (Phi) is 10.7. The predicted molar refractivity (Wildman–Crippen MR) is 165 cm³/mol. The third-order valence-electron chi connectivity index (χ3n) is 6.65. The Labute approximate surface area is 248 Å². The maximum absolute atomic E-state index is 14.5. The number of nitrogens with zero attached hydrogens (tertiary/aromatic N) is 7. The highest BCUT2D eigenvalue weighted by Gasteiger charge is 2.32. The summed E-state index contributed by atoms with van der Waals surface area (Å²) in [5, 5.41) is 14.5. The molecule has 2 aromatic heterocycles. The molecule has 1 amide bonds. The number of halogens is 1. The van der Waals surface area contributed by atoms with Gasteiger partial charge in [0, 0.05) is 32.7 Å². The molecule has 4 rings (SSSR count). The molecule has 11 nitrogen and oxygen atoms in total. The van der Waals surface area contributed by atoms with Crippen LogP contribution in [0.15, 0.2) is 41.4 Å². The molecule has 1 aliphatic carbocycles. The summed E-state index contributed by atoms with van der Waals surface area (Å²) in [6.07, 6.45) is 5.15. The molecule has 42 heavy (non-hydrogen) atoms. The van der Waals surface area contributed by atoms with Gasteiger partial charge in [-0.25, -0.2) is 19.2 Å². The maximum Gasteiger partial charge on any atom is 0.410 e. The number of amides is 1. The van der Waals surface area contributed by atoms with Crippen LogP contribution in [0.5, 0.6) is 0 Å². The molecule has 2 aliphatic rings. The second kappa shape index (κ2) is 13.8. The van der Waals surface area contributed by atoms with Gasteiger partial charge in [0.05, 0.1) is 29.5 Å². The van der Waals surface area contributed by atoms with Gasteiger partial charge >= 0.3 is 6.09 Å². The van der Waals surface area contributed by atoms with E-state index in [-0.39, 0.29) is 23.9 Å². The molecule has 1 aliphatic heterocycles. The molecule has 0 aromatic carbocycles. The molecular weight excluding hydrogens is 537 g/mol. The molecule has 1 saturated carbocycles. The van der Waals surface area contributed by atoms with E-state index in [0.29, 0.717) is 54.1 Å². The van der Waals surface area contributed by atoms with E-state index in [2.05, 4.69) is 42.4 Å². The predicted octanol–water partition coefficient (Wildman–Crippen LogP) is 5.80. The molecule has 2 aromatic rings. The second-order valence-corrected chi connectivity index (χ2v) is 11.5. The van der Waals surface area contributed by atoms with Gasteiger partial charge in [-0.05, 0) is 71.9 Å². The molecule has 0 spiro atoms. The minimum atomic E-state index is -0.565. The van der Waals surface area contributed by atoms with Gasteiger partial charge in [-0.2, -0.15) is 0 Å². The van der Waals surface area contributed by atoms with Crippen LogP contribution >= 0.6 is 0 Å². The van der Waals surface area contributed by atoms with Crippen LogP contribution in [0, 0.1) is 12.7 Å².